The van der Waals surface area contributed by atoms with Gasteiger partial charge in [0.2, 0.25) is 0 Å². The van der Waals surface area contributed by atoms with Crippen LogP contribution in [-0.4, -0.2) is 60.8 Å². The first-order chi connectivity index (χ1) is 6.36. The molecule has 6 heteroatoms. The van der Waals surface area contributed by atoms with E-state index in [2.05, 4.69) is 9.80 Å². The van der Waals surface area contributed by atoms with Crippen molar-refractivity contribution in [1.29, 1.82) is 0 Å². The Morgan fingerprint density at radius 3 is 1.60 bits per heavy atom. The van der Waals surface area contributed by atoms with Gasteiger partial charge in [-0.2, -0.15) is 0 Å². The number of piperazine rings is 1. The topological polar surface area (TPSA) is 6.48 Å². The average Bonchev–Trinajstić information content (AvgIpc) is 2.17. The molecular weight excluding hydrogens is 278 g/mol. The van der Waals surface area contributed by atoms with Crippen molar-refractivity contribution in [3.05, 3.63) is 0 Å². The van der Waals surface area contributed by atoms with E-state index in [4.69, 9.17) is 23.2 Å². The summed E-state index contributed by atoms with van der Waals surface area (Å²) >= 11 is 11.3. The van der Waals surface area contributed by atoms with Gasteiger partial charge in [0, 0.05) is 44.5 Å². The first kappa shape index (κ1) is 18.4. The third-order valence-electron chi connectivity index (χ3n) is 2.47. The van der Waals surface area contributed by atoms with Crippen LogP contribution in [0.3, 0.4) is 0 Å². The summed E-state index contributed by atoms with van der Waals surface area (Å²) in [6.07, 6.45) is 1.11. The summed E-state index contributed by atoms with van der Waals surface area (Å²) in [4.78, 5) is 4.90. The number of hydrogen-bond donors (Lipinski definition) is 0. The van der Waals surface area contributed by atoms with Crippen molar-refractivity contribution in [2.24, 2.45) is 0 Å². The summed E-state index contributed by atoms with van der Waals surface area (Å²) in [7, 11) is 0. The third-order valence-corrected chi connectivity index (χ3v) is 2.91. The largest absolute Gasteiger partial charge is 0.301 e. The summed E-state index contributed by atoms with van der Waals surface area (Å²) in [5.41, 5.74) is 0. The van der Waals surface area contributed by atoms with Gasteiger partial charge in [-0.15, -0.1) is 48.0 Å². The molecule has 15 heavy (non-hydrogen) atoms. The molecule has 1 aliphatic rings. The molecule has 0 aliphatic carbocycles. The summed E-state index contributed by atoms with van der Waals surface area (Å²) in [5.74, 6) is 1.53. The Kier molecular flexibility index (Phi) is 14.2. The van der Waals surface area contributed by atoms with Crippen molar-refractivity contribution in [2.45, 2.75) is 6.42 Å². The van der Waals surface area contributed by atoms with Crippen molar-refractivity contribution in [3.8, 4) is 0 Å². The van der Waals surface area contributed by atoms with Crippen LogP contribution in [0.15, 0.2) is 0 Å². The van der Waals surface area contributed by atoms with E-state index >= 15 is 0 Å². The van der Waals surface area contributed by atoms with Crippen LogP contribution >= 0.6 is 48.0 Å². The Morgan fingerprint density at radius 1 is 0.733 bits per heavy atom. The van der Waals surface area contributed by atoms with E-state index < -0.39 is 0 Å². The molecule has 0 aromatic rings. The lowest BCUT2D eigenvalue weighted by Gasteiger charge is -2.34. The predicted octanol–water partition coefficient (Wildman–Crippen LogP) is 2.32. The highest BCUT2D eigenvalue weighted by Gasteiger charge is 2.14. The van der Waals surface area contributed by atoms with Crippen LogP contribution in [0.2, 0.25) is 0 Å². The Hall–Kier alpha value is 1.08. The lowest BCUT2D eigenvalue weighted by molar-refractivity contribution is 0.138. The molecule has 1 saturated heterocycles. The van der Waals surface area contributed by atoms with Crippen molar-refractivity contribution >= 4 is 48.0 Å². The molecular formula is C9H20Cl4N2. The molecule has 0 radical (unpaired) electrons. The number of rotatable bonds is 5. The fraction of sp³-hybridized carbons (Fsp3) is 1.00. The van der Waals surface area contributed by atoms with Crippen LogP contribution < -0.4 is 0 Å². The zero-order valence-corrected chi connectivity index (χ0v) is 12.0. The summed E-state index contributed by atoms with van der Waals surface area (Å²) in [6.45, 7) is 6.86. The molecule has 0 amide bonds. The Labute approximate surface area is 115 Å². The maximum absolute atomic E-state index is 5.68. The van der Waals surface area contributed by atoms with E-state index in [9.17, 15) is 0 Å². The minimum atomic E-state index is 0. The van der Waals surface area contributed by atoms with Crippen molar-refractivity contribution in [3.63, 3.8) is 0 Å². The van der Waals surface area contributed by atoms with Gasteiger partial charge in [0.1, 0.15) is 0 Å². The zero-order valence-electron chi connectivity index (χ0n) is 8.83. The molecule has 0 spiro atoms. The van der Waals surface area contributed by atoms with Crippen LogP contribution in [0, 0.1) is 0 Å². The van der Waals surface area contributed by atoms with E-state index in [1.54, 1.807) is 0 Å². The van der Waals surface area contributed by atoms with E-state index in [1.165, 1.54) is 13.1 Å². The molecule has 1 rings (SSSR count). The monoisotopic (exact) mass is 296 g/mol. The van der Waals surface area contributed by atoms with E-state index in [-0.39, 0.29) is 24.8 Å². The van der Waals surface area contributed by atoms with Crippen molar-refractivity contribution in [1.82, 2.24) is 9.80 Å². The first-order valence-corrected chi connectivity index (χ1v) is 6.00. The zero-order chi connectivity index (χ0) is 9.52. The maximum Gasteiger partial charge on any atom is 0.0351 e. The molecule has 0 saturated carbocycles. The third kappa shape index (κ3) is 7.89. The quantitative estimate of drug-likeness (QED) is 0.719. The molecule has 94 valence electrons. The molecule has 0 aromatic heterocycles. The smallest absolute Gasteiger partial charge is 0.0351 e. The van der Waals surface area contributed by atoms with Gasteiger partial charge in [0.05, 0.1) is 0 Å². The van der Waals surface area contributed by atoms with Crippen molar-refractivity contribution < 1.29 is 0 Å². The molecule has 2 nitrogen and oxygen atoms in total. The minimum Gasteiger partial charge on any atom is -0.301 e. The highest BCUT2D eigenvalue weighted by Crippen LogP contribution is 2.02. The van der Waals surface area contributed by atoms with E-state index in [1.807, 2.05) is 0 Å². The van der Waals surface area contributed by atoms with Crippen molar-refractivity contribution in [2.75, 3.05) is 51.0 Å². The second-order valence-corrected chi connectivity index (χ2v) is 4.17. The Bertz CT molecular complexity index is 129. The summed E-state index contributed by atoms with van der Waals surface area (Å²) in [5, 5.41) is 0. The molecule has 0 aromatic carbocycles. The van der Waals surface area contributed by atoms with Gasteiger partial charge in [-0.3, -0.25) is 4.90 Å². The summed E-state index contributed by atoms with van der Waals surface area (Å²) in [6, 6.07) is 0. The number of alkyl halides is 2. The standard InChI is InChI=1S/C9H18Cl2N2.2ClH/c10-2-1-4-12-6-8-13(5-3-11)9-7-12;;/h1-9H2;2*1H. The highest BCUT2D eigenvalue weighted by molar-refractivity contribution is 6.18. The predicted molar refractivity (Wildman–Crippen MR) is 73.4 cm³/mol. The van der Waals surface area contributed by atoms with E-state index in [0.29, 0.717) is 0 Å². The van der Waals surface area contributed by atoms with Gasteiger partial charge in [0.15, 0.2) is 0 Å². The van der Waals surface area contributed by atoms with E-state index in [0.717, 1.165) is 44.4 Å². The lowest BCUT2D eigenvalue weighted by atomic mass is 10.3. The number of halogens is 4. The first-order valence-electron chi connectivity index (χ1n) is 4.93. The maximum atomic E-state index is 5.68. The second kappa shape index (κ2) is 11.6. The van der Waals surface area contributed by atoms with Crippen LogP contribution in [0.25, 0.3) is 0 Å². The van der Waals surface area contributed by atoms with Gasteiger partial charge >= 0.3 is 0 Å². The van der Waals surface area contributed by atoms with Crippen LogP contribution in [0.5, 0.6) is 0 Å². The molecule has 0 unspecified atom stereocenters. The van der Waals surface area contributed by atoms with Gasteiger partial charge in [-0.25, -0.2) is 0 Å². The molecule has 1 aliphatic heterocycles. The fourth-order valence-electron chi connectivity index (χ4n) is 1.64. The molecule has 0 bridgehead atoms. The number of hydrogen-bond acceptors (Lipinski definition) is 2. The average molecular weight is 298 g/mol. The van der Waals surface area contributed by atoms with Gasteiger partial charge in [0.25, 0.3) is 0 Å². The fourth-order valence-corrected chi connectivity index (χ4v) is 2.00. The van der Waals surface area contributed by atoms with Crippen LogP contribution in [-0.2, 0) is 0 Å². The normalized spacial score (nSPS) is 18.0. The van der Waals surface area contributed by atoms with Gasteiger partial charge in [-0.05, 0) is 13.0 Å². The molecule has 1 fully saturated rings. The minimum absolute atomic E-state index is 0. The summed E-state index contributed by atoms with van der Waals surface area (Å²) < 4.78 is 0. The molecule has 0 N–H and O–H groups in total. The molecule has 0 atom stereocenters. The van der Waals surface area contributed by atoms with Crippen LogP contribution in [0.1, 0.15) is 6.42 Å². The van der Waals surface area contributed by atoms with Gasteiger partial charge < -0.3 is 4.90 Å². The lowest BCUT2D eigenvalue weighted by Crippen LogP contribution is -2.47. The molecule has 1 heterocycles. The Balaban J connectivity index is 0. The second-order valence-electron chi connectivity index (χ2n) is 3.41. The Morgan fingerprint density at radius 2 is 1.20 bits per heavy atom. The number of nitrogens with zero attached hydrogens (tertiary/aromatic N) is 2. The van der Waals surface area contributed by atoms with Crippen LogP contribution in [0.4, 0.5) is 0 Å². The highest BCUT2D eigenvalue weighted by atomic mass is 35.5. The SMILES string of the molecule is Cl.Cl.ClCCCN1CCN(CCCl)CC1. The van der Waals surface area contributed by atoms with Gasteiger partial charge in [-0.1, -0.05) is 0 Å².